The van der Waals surface area contributed by atoms with Crippen molar-refractivity contribution in [1.82, 2.24) is 10.4 Å². The molecule has 1 heterocycles. The summed E-state index contributed by atoms with van der Waals surface area (Å²) in [4.78, 5) is 0. The molecule has 1 aromatic carbocycles. The van der Waals surface area contributed by atoms with Gasteiger partial charge < -0.3 is 11.5 Å². The fourth-order valence-electron chi connectivity index (χ4n) is 2.04. The third kappa shape index (κ3) is 3.11. The molecule has 0 aromatic heterocycles. The zero-order valence-corrected chi connectivity index (χ0v) is 13.3. The van der Waals surface area contributed by atoms with Crippen LogP contribution in [0.2, 0.25) is 0 Å². The first kappa shape index (κ1) is 16.4. The van der Waals surface area contributed by atoms with Gasteiger partial charge in [0.25, 0.3) is 5.50 Å². The van der Waals surface area contributed by atoms with E-state index in [9.17, 15) is 13.0 Å². The van der Waals surface area contributed by atoms with Crippen LogP contribution in [0.25, 0.3) is 0 Å². The van der Waals surface area contributed by atoms with Gasteiger partial charge in [0, 0.05) is 6.54 Å². The van der Waals surface area contributed by atoms with Gasteiger partial charge in [-0.3, -0.25) is 9.98 Å². The van der Waals surface area contributed by atoms with Crippen LogP contribution in [0.3, 0.4) is 0 Å². The monoisotopic (exact) mass is 344 g/mol. The lowest BCUT2D eigenvalue weighted by Crippen LogP contribution is -2.58. The van der Waals surface area contributed by atoms with E-state index in [1.165, 1.54) is 5.01 Å². The van der Waals surface area contributed by atoms with Crippen LogP contribution in [0.15, 0.2) is 29.4 Å². The number of hydrogen-bond acceptors (Lipinski definition) is 7. The van der Waals surface area contributed by atoms with Crippen LogP contribution in [0.1, 0.15) is 12.5 Å². The Morgan fingerprint density at radius 2 is 2.27 bits per heavy atom. The minimum Gasteiger partial charge on any atom is -0.374 e. The third-order valence-corrected chi connectivity index (χ3v) is 4.03. The van der Waals surface area contributed by atoms with E-state index in [0.717, 1.165) is 10.6 Å². The summed E-state index contributed by atoms with van der Waals surface area (Å²) in [5.41, 5.74) is 13.5. The molecule has 120 valence electrons. The van der Waals surface area contributed by atoms with Crippen molar-refractivity contribution in [2.45, 2.75) is 19.0 Å². The van der Waals surface area contributed by atoms with Gasteiger partial charge in [-0.05, 0) is 36.8 Å². The number of hydrazone groups is 1. The fourth-order valence-corrected chi connectivity index (χ4v) is 2.92. The summed E-state index contributed by atoms with van der Waals surface area (Å²) < 4.78 is 32.4. The fraction of sp³-hybridized carbons (Fsp3) is 0.273. The van der Waals surface area contributed by atoms with Crippen LogP contribution in [-0.2, 0) is 16.7 Å². The molecule has 2 rings (SSSR count). The van der Waals surface area contributed by atoms with Crippen molar-refractivity contribution in [2.24, 2.45) is 16.6 Å². The average Bonchev–Trinajstić information content (AvgIpc) is 2.81. The van der Waals surface area contributed by atoms with E-state index in [2.05, 4.69) is 10.5 Å². The van der Waals surface area contributed by atoms with E-state index in [0.29, 0.717) is 12.2 Å². The predicted octanol–water partition coefficient (Wildman–Crippen LogP) is -0.480. The Morgan fingerprint density at radius 3 is 2.82 bits per heavy atom. The number of nitrogens with zero attached hydrogens (tertiary/aromatic N) is 3. The summed E-state index contributed by atoms with van der Waals surface area (Å²) in [5, 5.41) is 6.13. The first-order valence-electron chi connectivity index (χ1n) is 6.19. The Kier molecular flexibility index (Phi) is 4.51. The van der Waals surface area contributed by atoms with Crippen LogP contribution in [0.5, 0.6) is 0 Å². The van der Waals surface area contributed by atoms with E-state index < -0.39 is 15.6 Å². The second-order valence-corrected chi connectivity index (χ2v) is 6.42. The molecular formula is C11H16N6O3S2. The summed E-state index contributed by atoms with van der Waals surface area (Å²) in [7, 11) is -4.47. The van der Waals surface area contributed by atoms with Crippen LogP contribution in [-0.4, -0.2) is 34.4 Å². The van der Waals surface area contributed by atoms with E-state index in [1.807, 2.05) is 6.07 Å². The predicted molar refractivity (Wildman–Crippen MR) is 87.0 cm³/mol. The van der Waals surface area contributed by atoms with Gasteiger partial charge >= 0.3 is 10.1 Å². The highest BCUT2D eigenvalue weighted by Gasteiger charge is 2.40. The van der Waals surface area contributed by atoms with Crippen molar-refractivity contribution >= 4 is 39.0 Å². The lowest BCUT2D eigenvalue weighted by atomic mass is 10.2. The number of anilines is 1. The Hall–Kier alpha value is -1.95. The average molecular weight is 344 g/mol. The molecule has 0 amide bonds. The van der Waals surface area contributed by atoms with Gasteiger partial charge in [-0.25, -0.2) is 10.0 Å². The Morgan fingerprint density at radius 1 is 1.59 bits per heavy atom. The topological polar surface area (TPSA) is 137 Å². The highest BCUT2D eigenvalue weighted by Crippen LogP contribution is 2.23. The van der Waals surface area contributed by atoms with Gasteiger partial charge in [-0.2, -0.15) is 13.5 Å². The van der Waals surface area contributed by atoms with Crippen molar-refractivity contribution in [2.75, 3.05) is 5.01 Å². The molecule has 1 aliphatic heterocycles. The third-order valence-electron chi connectivity index (χ3n) is 2.99. The van der Waals surface area contributed by atoms with Gasteiger partial charge in [0.05, 0.1) is 5.69 Å². The molecule has 11 heteroatoms. The highest BCUT2D eigenvalue weighted by atomic mass is 32.2. The summed E-state index contributed by atoms with van der Waals surface area (Å²) in [6.07, 6.45) is 0. The molecule has 1 aromatic rings. The molecule has 22 heavy (non-hydrogen) atoms. The summed E-state index contributed by atoms with van der Waals surface area (Å²) in [6, 6.07) is 6.95. The molecule has 1 aliphatic rings. The second kappa shape index (κ2) is 6.04. The molecule has 0 saturated carbocycles. The second-order valence-electron chi connectivity index (χ2n) is 4.52. The molecule has 6 N–H and O–H groups in total. The summed E-state index contributed by atoms with van der Waals surface area (Å²) >= 11 is 5.02. The summed E-state index contributed by atoms with van der Waals surface area (Å²) in [6.45, 7) is 1.85. The SMILES string of the molecule is CC1=NNC(S(=O)(=O)O)N1N(C(N)=S)c1cccc(CN)c1. The molecule has 1 unspecified atom stereocenters. The smallest absolute Gasteiger partial charge is 0.309 e. The van der Waals surface area contributed by atoms with Crippen molar-refractivity contribution in [1.29, 1.82) is 0 Å². The van der Waals surface area contributed by atoms with Gasteiger partial charge in [-0.15, -0.1) is 0 Å². The molecule has 0 fully saturated rings. The Balaban J connectivity index is 2.51. The van der Waals surface area contributed by atoms with Crippen LogP contribution in [0, 0.1) is 0 Å². The number of benzene rings is 1. The normalized spacial score (nSPS) is 17.9. The molecule has 0 saturated heterocycles. The van der Waals surface area contributed by atoms with E-state index in [1.54, 1.807) is 25.1 Å². The Labute approximate surface area is 133 Å². The van der Waals surface area contributed by atoms with Crippen molar-refractivity contribution < 1.29 is 13.0 Å². The maximum absolute atomic E-state index is 11.5. The van der Waals surface area contributed by atoms with Gasteiger partial charge in [-0.1, -0.05) is 12.1 Å². The van der Waals surface area contributed by atoms with Gasteiger partial charge in [0.1, 0.15) is 5.84 Å². The zero-order valence-electron chi connectivity index (χ0n) is 11.7. The van der Waals surface area contributed by atoms with Crippen molar-refractivity contribution in [3.63, 3.8) is 0 Å². The van der Waals surface area contributed by atoms with E-state index in [4.69, 9.17) is 23.7 Å². The number of rotatable bonds is 4. The number of thiocarbonyl (C=S) groups is 1. The summed E-state index contributed by atoms with van der Waals surface area (Å²) in [5.74, 6) is 0.272. The number of hydrogen-bond donors (Lipinski definition) is 4. The largest absolute Gasteiger partial charge is 0.374 e. The standard InChI is InChI=1S/C11H16N6O3S2/c1-7-14-15-11(22(18,19)20)16(7)17(10(13)21)9-4-2-3-8(5-9)6-12/h2-5,11,15H,6,12H2,1H3,(H2,13,21)(H,18,19,20). The first-order valence-corrected chi connectivity index (χ1v) is 8.10. The molecule has 0 radical (unpaired) electrons. The minimum atomic E-state index is -4.47. The van der Waals surface area contributed by atoms with Gasteiger partial charge in [0.15, 0.2) is 5.11 Å². The molecule has 9 nitrogen and oxygen atoms in total. The molecule has 1 atom stereocenters. The minimum absolute atomic E-state index is 0.110. The van der Waals surface area contributed by atoms with Gasteiger partial charge in [0.2, 0.25) is 0 Å². The molecule has 0 spiro atoms. The highest BCUT2D eigenvalue weighted by molar-refractivity contribution is 7.86. The van der Waals surface area contributed by atoms with Crippen LogP contribution >= 0.6 is 12.2 Å². The van der Waals surface area contributed by atoms with Crippen molar-refractivity contribution in [3.8, 4) is 0 Å². The van der Waals surface area contributed by atoms with Crippen LogP contribution < -0.4 is 21.9 Å². The number of amidine groups is 1. The van der Waals surface area contributed by atoms with E-state index in [-0.39, 0.29) is 10.9 Å². The van der Waals surface area contributed by atoms with Crippen molar-refractivity contribution in [3.05, 3.63) is 29.8 Å². The van der Waals surface area contributed by atoms with E-state index >= 15 is 0 Å². The number of hydrazine groups is 1. The number of nitrogens with one attached hydrogen (secondary N) is 1. The Bertz CT molecular complexity index is 720. The first-order chi connectivity index (χ1) is 10.3. The lowest BCUT2D eigenvalue weighted by molar-refractivity contribution is 0.350. The quantitative estimate of drug-likeness (QED) is 0.421. The molecule has 0 aliphatic carbocycles. The molecular weight excluding hydrogens is 328 g/mol. The lowest BCUT2D eigenvalue weighted by Gasteiger charge is -2.35. The maximum atomic E-state index is 11.5. The van der Waals surface area contributed by atoms with Crippen LogP contribution in [0.4, 0.5) is 5.69 Å². The molecule has 0 bridgehead atoms. The zero-order chi connectivity index (χ0) is 16.5. The maximum Gasteiger partial charge on any atom is 0.309 e. The number of nitrogens with two attached hydrogens (primary N) is 2.